The summed E-state index contributed by atoms with van der Waals surface area (Å²) < 4.78 is 0. The zero-order chi connectivity index (χ0) is 13.1. The normalized spacial score (nSPS) is 12.7. The van der Waals surface area contributed by atoms with Crippen LogP contribution in [0.15, 0.2) is 30.3 Å². The van der Waals surface area contributed by atoms with E-state index in [2.05, 4.69) is 63.3 Å². The maximum absolute atomic E-state index is 3.59. The molecule has 0 saturated heterocycles. The molecule has 1 unspecified atom stereocenters. The minimum absolute atomic E-state index is 0.394. The predicted octanol–water partition coefficient (Wildman–Crippen LogP) is 4.52. The van der Waals surface area contributed by atoms with Crippen LogP contribution in [0.25, 0.3) is 0 Å². The van der Waals surface area contributed by atoms with Crippen molar-refractivity contribution in [3.63, 3.8) is 0 Å². The van der Waals surface area contributed by atoms with Crippen LogP contribution in [0.1, 0.15) is 39.4 Å². The molecule has 0 fully saturated rings. The lowest BCUT2D eigenvalue weighted by atomic mass is 10.0. The van der Waals surface area contributed by atoms with E-state index in [1.165, 1.54) is 26.4 Å². The van der Waals surface area contributed by atoms with Crippen LogP contribution in [-0.4, -0.2) is 0 Å². The van der Waals surface area contributed by atoms with Crippen molar-refractivity contribution in [1.82, 2.24) is 5.32 Å². The van der Waals surface area contributed by atoms with Crippen molar-refractivity contribution in [2.75, 3.05) is 0 Å². The fourth-order valence-corrected chi connectivity index (χ4v) is 3.05. The van der Waals surface area contributed by atoms with E-state index in [1.54, 1.807) is 0 Å². The zero-order valence-corrected chi connectivity index (χ0v) is 12.4. The predicted molar refractivity (Wildman–Crippen MR) is 80.2 cm³/mol. The summed E-state index contributed by atoms with van der Waals surface area (Å²) in [6, 6.07) is 11.5. The molecule has 0 aliphatic carbocycles. The van der Waals surface area contributed by atoms with Crippen LogP contribution in [0, 0.1) is 20.8 Å². The van der Waals surface area contributed by atoms with Crippen LogP contribution >= 0.6 is 11.3 Å². The molecule has 0 radical (unpaired) electrons. The van der Waals surface area contributed by atoms with Gasteiger partial charge in [0.15, 0.2) is 0 Å². The summed E-state index contributed by atoms with van der Waals surface area (Å²) in [5.74, 6) is 0. The van der Waals surface area contributed by atoms with Crippen molar-refractivity contribution in [1.29, 1.82) is 0 Å². The third-order valence-corrected chi connectivity index (χ3v) is 4.12. The Morgan fingerprint density at radius 3 is 2.28 bits per heavy atom. The number of aryl methyl sites for hydroxylation is 3. The molecule has 0 bridgehead atoms. The quantitative estimate of drug-likeness (QED) is 0.851. The standard InChI is InChI=1S/C16H21NS/c1-11-7-12(2)9-15(8-11)14(4)17-10-16-6-5-13(3)18-16/h5-9,14,17H,10H2,1-4H3. The smallest absolute Gasteiger partial charge is 0.0305 e. The number of thiophene rings is 1. The lowest BCUT2D eigenvalue weighted by Gasteiger charge is -2.15. The molecule has 0 aliphatic heterocycles. The highest BCUT2D eigenvalue weighted by atomic mass is 32.1. The van der Waals surface area contributed by atoms with E-state index in [0.29, 0.717) is 6.04 Å². The lowest BCUT2D eigenvalue weighted by Crippen LogP contribution is -2.17. The molecule has 1 atom stereocenters. The Balaban J connectivity index is 2.01. The average Bonchev–Trinajstić information content (AvgIpc) is 2.70. The maximum Gasteiger partial charge on any atom is 0.0305 e. The monoisotopic (exact) mass is 259 g/mol. The minimum atomic E-state index is 0.394. The molecule has 18 heavy (non-hydrogen) atoms. The van der Waals surface area contributed by atoms with Crippen molar-refractivity contribution in [2.45, 2.75) is 40.3 Å². The molecule has 0 aliphatic rings. The van der Waals surface area contributed by atoms with E-state index >= 15 is 0 Å². The Hall–Kier alpha value is -1.12. The molecular formula is C16H21NS. The van der Waals surface area contributed by atoms with Gasteiger partial charge >= 0.3 is 0 Å². The van der Waals surface area contributed by atoms with Crippen LogP contribution in [0.2, 0.25) is 0 Å². The summed E-state index contributed by atoms with van der Waals surface area (Å²) in [4.78, 5) is 2.79. The van der Waals surface area contributed by atoms with Gasteiger partial charge in [-0.2, -0.15) is 0 Å². The highest BCUT2D eigenvalue weighted by molar-refractivity contribution is 7.11. The SMILES string of the molecule is Cc1cc(C)cc(C(C)NCc2ccc(C)s2)c1. The highest BCUT2D eigenvalue weighted by Gasteiger charge is 2.06. The fourth-order valence-electron chi connectivity index (χ4n) is 2.21. The Morgan fingerprint density at radius 2 is 1.72 bits per heavy atom. The highest BCUT2D eigenvalue weighted by Crippen LogP contribution is 2.19. The molecule has 2 heteroatoms. The maximum atomic E-state index is 3.59. The van der Waals surface area contributed by atoms with Gasteiger partial charge in [0.05, 0.1) is 0 Å². The fraction of sp³-hybridized carbons (Fsp3) is 0.375. The van der Waals surface area contributed by atoms with Crippen LogP contribution in [0.5, 0.6) is 0 Å². The lowest BCUT2D eigenvalue weighted by molar-refractivity contribution is 0.578. The van der Waals surface area contributed by atoms with E-state index in [1.807, 2.05) is 11.3 Å². The molecule has 96 valence electrons. The van der Waals surface area contributed by atoms with Gasteiger partial charge in [-0.05, 0) is 45.4 Å². The molecule has 1 N–H and O–H groups in total. The van der Waals surface area contributed by atoms with E-state index in [0.717, 1.165) is 6.54 Å². The van der Waals surface area contributed by atoms with Crippen molar-refractivity contribution < 1.29 is 0 Å². The van der Waals surface area contributed by atoms with E-state index in [9.17, 15) is 0 Å². The molecule has 0 amide bonds. The van der Waals surface area contributed by atoms with E-state index in [4.69, 9.17) is 0 Å². The van der Waals surface area contributed by atoms with Gasteiger partial charge in [-0.25, -0.2) is 0 Å². The molecule has 0 saturated carbocycles. The molecule has 1 nitrogen and oxygen atoms in total. The minimum Gasteiger partial charge on any atom is -0.305 e. The van der Waals surface area contributed by atoms with E-state index in [-0.39, 0.29) is 0 Å². The van der Waals surface area contributed by atoms with Gasteiger partial charge in [0.1, 0.15) is 0 Å². The third-order valence-electron chi connectivity index (χ3n) is 3.12. The first kappa shape index (κ1) is 13.3. The molecular weight excluding hydrogens is 238 g/mol. The second-order valence-electron chi connectivity index (χ2n) is 5.04. The largest absolute Gasteiger partial charge is 0.305 e. The van der Waals surface area contributed by atoms with Gasteiger partial charge in [0.2, 0.25) is 0 Å². The summed E-state index contributed by atoms with van der Waals surface area (Å²) in [5.41, 5.74) is 4.05. The first-order valence-electron chi connectivity index (χ1n) is 6.41. The summed E-state index contributed by atoms with van der Waals surface area (Å²) in [6.07, 6.45) is 0. The molecule has 1 aromatic carbocycles. The Bertz CT molecular complexity index is 507. The Kier molecular flexibility index (Phi) is 4.20. The first-order valence-corrected chi connectivity index (χ1v) is 7.23. The number of hydrogen-bond donors (Lipinski definition) is 1. The van der Waals surface area contributed by atoms with Crippen molar-refractivity contribution in [3.05, 3.63) is 56.8 Å². The summed E-state index contributed by atoms with van der Waals surface area (Å²) in [5, 5.41) is 3.59. The third kappa shape index (κ3) is 3.44. The molecule has 0 spiro atoms. The topological polar surface area (TPSA) is 12.0 Å². The summed E-state index contributed by atoms with van der Waals surface area (Å²) >= 11 is 1.87. The number of hydrogen-bond acceptors (Lipinski definition) is 2. The van der Waals surface area contributed by atoms with Gasteiger partial charge in [-0.1, -0.05) is 29.3 Å². The van der Waals surface area contributed by atoms with Crippen LogP contribution in [0.3, 0.4) is 0 Å². The number of nitrogens with one attached hydrogen (secondary N) is 1. The second kappa shape index (κ2) is 5.68. The zero-order valence-electron chi connectivity index (χ0n) is 11.6. The van der Waals surface area contributed by atoms with Crippen LogP contribution < -0.4 is 5.32 Å². The van der Waals surface area contributed by atoms with Crippen LogP contribution in [-0.2, 0) is 6.54 Å². The summed E-state index contributed by atoms with van der Waals surface area (Å²) in [6.45, 7) is 9.65. The van der Waals surface area contributed by atoms with Gasteiger partial charge in [-0.3, -0.25) is 0 Å². The average molecular weight is 259 g/mol. The van der Waals surface area contributed by atoms with Gasteiger partial charge in [0.25, 0.3) is 0 Å². The number of rotatable bonds is 4. The molecule has 1 aromatic heterocycles. The van der Waals surface area contributed by atoms with E-state index < -0.39 is 0 Å². The van der Waals surface area contributed by atoms with Crippen molar-refractivity contribution >= 4 is 11.3 Å². The second-order valence-corrected chi connectivity index (χ2v) is 6.41. The number of benzene rings is 1. The Morgan fingerprint density at radius 1 is 1.06 bits per heavy atom. The van der Waals surface area contributed by atoms with Crippen LogP contribution in [0.4, 0.5) is 0 Å². The molecule has 2 aromatic rings. The van der Waals surface area contributed by atoms with Crippen molar-refractivity contribution in [3.8, 4) is 0 Å². The van der Waals surface area contributed by atoms with Gasteiger partial charge in [-0.15, -0.1) is 11.3 Å². The first-order chi connectivity index (χ1) is 8.54. The molecule has 1 heterocycles. The van der Waals surface area contributed by atoms with Crippen molar-refractivity contribution in [2.24, 2.45) is 0 Å². The van der Waals surface area contributed by atoms with Gasteiger partial charge in [0, 0.05) is 22.3 Å². The van der Waals surface area contributed by atoms with Gasteiger partial charge < -0.3 is 5.32 Å². The molecule has 2 rings (SSSR count). The summed E-state index contributed by atoms with van der Waals surface area (Å²) in [7, 11) is 0. The Labute approximate surface area is 114 Å².